The van der Waals surface area contributed by atoms with Gasteiger partial charge in [0.2, 0.25) is 5.78 Å². The first kappa shape index (κ1) is 7.16. The van der Waals surface area contributed by atoms with E-state index in [-0.39, 0.29) is 17.6 Å². The number of allylic oxidation sites excluding steroid dienone is 2. The molecule has 0 saturated heterocycles. The Morgan fingerprint density at radius 3 is 3.17 bits per heavy atom. The van der Waals surface area contributed by atoms with E-state index in [4.69, 9.17) is 5.11 Å². The van der Waals surface area contributed by atoms with Gasteiger partial charge in [0.05, 0.1) is 0 Å². The van der Waals surface area contributed by atoms with E-state index in [0.717, 1.165) is 0 Å². The van der Waals surface area contributed by atoms with Crippen LogP contribution in [0.2, 0.25) is 0 Å². The summed E-state index contributed by atoms with van der Waals surface area (Å²) < 4.78 is 0. The molecule has 12 heavy (non-hydrogen) atoms. The summed E-state index contributed by atoms with van der Waals surface area (Å²) in [4.78, 5) is 13.2. The predicted molar refractivity (Wildman–Crippen MR) is 44.5 cm³/mol. The van der Waals surface area contributed by atoms with Crippen molar-refractivity contribution in [1.82, 2.24) is 4.90 Å². The summed E-state index contributed by atoms with van der Waals surface area (Å²) in [5.41, 5.74) is 0. The highest BCUT2D eigenvalue weighted by Crippen LogP contribution is 2.16. The van der Waals surface area contributed by atoms with Gasteiger partial charge in [0.15, 0.2) is 5.76 Å². The molecule has 0 fully saturated rings. The topological polar surface area (TPSA) is 40.5 Å². The number of hydrogen-bond donors (Lipinski definition) is 1. The number of carbonyl (C=O) groups excluding carboxylic acids is 1. The molecule has 1 N–H and O–H groups in total. The highest BCUT2D eigenvalue weighted by atomic mass is 16.3. The van der Waals surface area contributed by atoms with Crippen molar-refractivity contribution in [3.8, 4) is 0 Å². The largest absolute Gasteiger partial charge is 0.504 e. The molecule has 0 aromatic carbocycles. The summed E-state index contributed by atoms with van der Waals surface area (Å²) >= 11 is 0. The predicted octanol–water partition coefficient (Wildman–Crippen LogP) is 0.765. The molecule has 2 heterocycles. The molecule has 2 aliphatic rings. The van der Waals surface area contributed by atoms with Crippen molar-refractivity contribution in [2.45, 2.75) is 6.04 Å². The molecular weight excluding hydrogens is 154 g/mol. The van der Waals surface area contributed by atoms with E-state index in [1.54, 1.807) is 6.08 Å². The molecule has 0 amide bonds. The summed E-state index contributed by atoms with van der Waals surface area (Å²) in [7, 11) is 0. The molecular formula is C9H9NO2. The highest BCUT2D eigenvalue weighted by Gasteiger charge is 2.28. The van der Waals surface area contributed by atoms with Crippen LogP contribution < -0.4 is 0 Å². The van der Waals surface area contributed by atoms with Crippen molar-refractivity contribution in [2.24, 2.45) is 0 Å². The second-order valence-electron chi connectivity index (χ2n) is 2.82. The van der Waals surface area contributed by atoms with Gasteiger partial charge in [-0.3, -0.25) is 4.79 Å². The third-order valence-electron chi connectivity index (χ3n) is 2.06. The van der Waals surface area contributed by atoms with Crippen LogP contribution in [-0.4, -0.2) is 28.4 Å². The van der Waals surface area contributed by atoms with Crippen LogP contribution >= 0.6 is 0 Å². The molecule has 2 rings (SSSR count). The van der Waals surface area contributed by atoms with Crippen molar-refractivity contribution >= 4 is 5.78 Å². The second-order valence-corrected chi connectivity index (χ2v) is 2.82. The lowest BCUT2D eigenvalue weighted by atomic mass is 10.0. The molecule has 0 aromatic heterocycles. The zero-order chi connectivity index (χ0) is 8.55. The Morgan fingerprint density at radius 1 is 1.50 bits per heavy atom. The zero-order valence-corrected chi connectivity index (χ0v) is 6.47. The number of fused-ring (bicyclic) bond motifs is 1. The fraction of sp³-hybridized carbons (Fsp3) is 0.222. The van der Waals surface area contributed by atoms with Crippen molar-refractivity contribution in [3.63, 3.8) is 0 Å². The van der Waals surface area contributed by atoms with E-state index in [1.165, 1.54) is 6.08 Å². The minimum atomic E-state index is -0.292. The van der Waals surface area contributed by atoms with Crippen LogP contribution in [0.4, 0.5) is 0 Å². The number of rotatable bonds is 0. The highest BCUT2D eigenvalue weighted by molar-refractivity contribution is 5.99. The first-order chi connectivity index (χ1) is 5.79. The van der Waals surface area contributed by atoms with Gasteiger partial charge < -0.3 is 10.0 Å². The maximum absolute atomic E-state index is 11.3. The molecule has 3 nitrogen and oxygen atoms in total. The standard InChI is InChI=1S/C9H9NO2/c11-8-4-6-10-5-2-1-3-7(10)9(8)12/h1-5,7,11H,6H2. The minimum Gasteiger partial charge on any atom is -0.504 e. The first-order valence-corrected chi connectivity index (χ1v) is 3.83. The summed E-state index contributed by atoms with van der Waals surface area (Å²) in [5, 5.41) is 9.14. The average molecular weight is 163 g/mol. The monoisotopic (exact) mass is 163 g/mol. The molecule has 1 atom stereocenters. The summed E-state index contributed by atoms with van der Waals surface area (Å²) in [5.74, 6) is -0.335. The summed E-state index contributed by atoms with van der Waals surface area (Å²) in [6.07, 6.45) is 8.86. The van der Waals surface area contributed by atoms with Crippen LogP contribution in [0.3, 0.4) is 0 Å². The molecule has 0 spiro atoms. The number of aliphatic hydroxyl groups excluding tert-OH is 1. The van der Waals surface area contributed by atoms with E-state index in [1.807, 2.05) is 23.3 Å². The minimum absolute atomic E-state index is 0.115. The molecule has 2 aliphatic heterocycles. The number of ketones is 1. The molecule has 1 unspecified atom stereocenters. The zero-order valence-electron chi connectivity index (χ0n) is 6.47. The van der Waals surface area contributed by atoms with E-state index >= 15 is 0 Å². The van der Waals surface area contributed by atoms with Gasteiger partial charge >= 0.3 is 0 Å². The lowest BCUT2D eigenvalue weighted by Gasteiger charge is -2.30. The van der Waals surface area contributed by atoms with Crippen LogP contribution in [0.1, 0.15) is 0 Å². The smallest absolute Gasteiger partial charge is 0.223 e. The Morgan fingerprint density at radius 2 is 2.33 bits per heavy atom. The second kappa shape index (κ2) is 2.52. The Balaban J connectivity index is 2.33. The maximum Gasteiger partial charge on any atom is 0.223 e. The van der Waals surface area contributed by atoms with Crippen molar-refractivity contribution in [2.75, 3.05) is 6.54 Å². The van der Waals surface area contributed by atoms with Gasteiger partial charge in [-0.2, -0.15) is 0 Å². The molecule has 62 valence electrons. The van der Waals surface area contributed by atoms with E-state index < -0.39 is 0 Å². The van der Waals surface area contributed by atoms with Crippen LogP contribution in [-0.2, 0) is 4.79 Å². The van der Waals surface area contributed by atoms with Crippen molar-refractivity contribution in [3.05, 3.63) is 36.3 Å². The van der Waals surface area contributed by atoms with Gasteiger partial charge in [-0.1, -0.05) is 12.2 Å². The average Bonchev–Trinajstić information content (AvgIpc) is 2.12. The number of hydrogen-bond acceptors (Lipinski definition) is 3. The number of aliphatic hydroxyl groups is 1. The Hall–Kier alpha value is -1.51. The molecule has 0 aromatic rings. The van der Waals surface area contributed by atoms with Gasteiger partial charge in [-0.25, -0.2) is 0 Å². The number of nitrogens with zero attached hydrogens (tertiary/aromatic N) is 1. The molecule has 3 heteroatoms. The van der Waals surface area contributed by atoms with E-state index in [9.17, 15) is 4.79 Å². The first-order valence-electron chi connectivity index (χ1n) is 3.83. The SMILES string of the molecule is O=C1C(O)=CCN2C=CC=CC12. The summed E-state index contributed by atoms with van der Waals surface area (Å²) in [6, 6.07) is -0.292. The maximum atomic E-state index is 11.3. The molecule has 0 saturated carbocycles. The molecule has 0 bridgehead atoms. The van der Waals surface area contributed by atoms with Crippen LogP contribution in [0.5, 0.6) is 0 Å². The fourth-order valence-electron chi connectivity index (χ4n) is 1.39. The number of carbonyl (C=O) groups is 1. The Bertz CT molecular complexity index is 302. The Kier molecular flexibility index (Phi) is 1.50. The van der Waals surface area contributed by atoms with E-state index in [0.29, 0.717) is 6.54 Å². The fourth-order valence-corrected chi connectivity index (χ4v) is 1.39. The normalized spacial score (nSPS) is 27.0. The van der Waals surface area contributed by atoms with Crippen molar-refractivity contribution in [1.29, 1.82) is 0 Å². The number of Topliss-reactive ketones (excluding diaryl/α,β-unsaturated/α-hetero) is 1. The lowest BCUT2D eigenvalue weighted by Crippen LogP contribution is -2.41. The summed E-state index contributed by atoms with van der Waals surface area (Å²) in [6.45, 7) is 0.600. The third-order valence-corrected chi connectivity index (χ3v) is 2.06. The van der Waals surface area contributed by atoms with Gasteiger partial charge in [-0.05, 0) is 12.2 Å². The molecule has 0 aliphatic carbocycles. The quantitative estimate of drug-likeness (QED) is 0.573. The van der Waals surface area contributed by atoms with Crippen LogP contribution in [0.25, 0.3) is 0 Å². The van der Waals surface area contributed by atoms with Gasteiger partial charge in [0, 0.05) is 12.7 Å². The Labute approximate surface area is 70.3 Å². The van der Waals surface area contributed by atoms with Gasteiger partial charge in [0.25, 0.3) is 0 Å². The van der Waals surface area contributed by atoms with Crippen LogP contribution in [0, 0.1) is 0 Å². The van der Waals surface area contributed by atoms with Crippen molar-refractivity contribution < 1.29 is 9.90 Å². The van der Waals surface area contributed by atoms with Gasteiger partial charge in [-0.15, -0.1) is 0 Å². The molecule has 0 radical (unpaired) electrons. The lowest BCUT2D eigenvalue weighted by molar-refractivity contribution is -0.121. The van der Waals surface area contributed by atoms with E-state index in [2.05, 4.69) is 0 Å². The van der Waals surface area contributed by atoms with Gasteiger partial charge in [0.1, 0.15) is 6.04 Å². The third kappa shape index (κ3) is 0.942. The van der Waals surface area contributed by atoms with Crippen LogP contribution in [0.15, 0.2) is 36.3 Å².